The van der Waals surface area contributed by atoms with Crippen molar-refractivity contribution in [3.8, 4) is 11.5 Å². The van der Waals surface area contributed by atoms with Crippen molar-refractivity contribution in [1.29, 1.82) is 0 Å². The molecule has 0 atom stereocenters. The van der Waals surface area contributed by atoms with E-state index in [-0.39, 0.29) is 11.9 Å². The fourth-order valence-corrected chi connectivity index (χ4v) is 3.23. The van der Waals surface area contributed by atoms with Crippen molar-refractivity contribution < 1.29 is 18.8 Å². The van der Waals surface area contributed by atoms with E-state index < -0.39 is 0 Å². The zero-order valence-corrected chi connectivity index (χ0v) is 17.2. The highest BCUT2D eigenvalue weighted by Gasteiger charge is 2.33. The van der Waals surface area contributed by atoms with Crippen LogP contribution in [0.1, 0.15) is 49.3 Å². The first kappa shape index (κ1) is 20.0. The molecule has 0 spiro atoms. The number of hydrogen-bond donors (Lipinski definition) is 0. The van der Waals surface area contributed by atoms with Gasteiger partial charge in [0, 0.05) is 18.2 Å². The number of nitrogens with zero attached hydrogens (tertiary/aromatic N) is 2. The molecule has 1 fully saturated rings. The molecule has 150 valence electrons. The molecule has 6 heteroatoms. The SMILES string of the molecule is COc1cc(/C=C/C(=O)N(C(C)C)C2CC2)ccc1OCc1c(C)noc1C. The van der Waals surface area contributed by atoms with Crippen LogP contribution in [0, 0.1) is 13.8 Å². The van der Waals surface area contributed by atoms with Crippen LogP contribution in [0.4, 0.5) is 0 Å². The predicted octanol–water partition coefficient (Wildman–Crippen LogP) is 4.29. The highest BCUT2D eigenvalue weighted by atomic mass is 16.5. The number of aromatic nitrogens is 1. The number of hydrogen-bond acceptors (Lipinski definition) is 5. The van der Waals surface area contributed by atoms with E-state index in [0.29, 0.717) is 24.1 Å². The van der Waals surface area contributed by atoms with E-state index in [1.165, 1.54) is 0 Å². The second kappa shape index (κ2) is 8.50. The lowest BCUT2D eigenvalue weighted by atomic mass is 10.1. The summed E-state index contributed by atoms with van der Waals surface area (Å²) in [5.74, 6) is 2.05. The molecule has 1 amide bonds. The van der Waals surface area contributed by atoms with Crippen molar-refractivity contribution in [1.82, 2.24) is 10.1 Å². The summed E-state index contributed by atoms with van der Waals surface area (Å²) in [4.78, 5) is 14.5. The Bertz CT molecular complexity index is 844. The molecule has 1 aromatic carbocycles. The van der Waals surface area contributed by atoms with Crippen LogP contribution in [-0.4, -0.2) is 35.2 Å². The summed E-state index contributed by atoms with van der Waals surface area (Å²) in [5.41, 5.74) is 2.64. The van der Waals surface area contributed by atoms with Gasteiger partial charge in [-0.2, -0.15) is 0 Å². The van der Waals surface area contributed by atoms with E-state index in [2.05, 4.69) is 19.0 Å². The number of benzene rings is 1. The maximum absolute atomic E-state index is 12.5. The summed E-state index contributed by atoms with van der Waals surface area (Å²) in [5, 5.41) is 3.94. The van der Waals surface area contributed by atoms with Crippen LogP contribution in [-0.2, 0) is 11.4 Å². The van der Waals surface area contributed by atoms with Gasteiger partial charge in [-0.1, -0.05) is 11.2 Å². The molecule has 0 aliphatic heterocycles. The standard InChI is InChI=1S/C22H28N2O4/c1-14(2)24(18-8-9-18)22(25)11-7-17-6-10-20(21(12-17)26-5)27-13-19-15(3)23-28-16(19)4/h6-7,10-12,14,18H,8-9,13H2,1-5H3/b11-7+. The molecular weight excluding hydrogens is 356 g/mol. The van der Waals surface area contributed by atoms with Crippen molar-refractivity contribution in [3.05, 3.63) is 46.9 Å². The van der Waals surface area contributed by atoms with Crippen LogP contribution >= 0.6 is 0 Å². The summed E-state index contributed by atoms with van der Waals surface area (Å²) in [7, 11) is 1.60. The first-order valence-electron chi connectivity index (χ1n) is 9.63. The van der Waals surface area contributed by atoms with Crippen molar-refractivity contribution in [2.24, 2.45) is 0 Å². The largest absolute Gasteiger partial charge is 0.493 e. The highest BCUT2D eigenvalue weighted by molar-refractivity contribution is 5.92. The highest BCUT2D eigenvalue weighted by Crippen LogP contribution is 2.31. The lowest BCUT2D eigenvalue weighted by molar-refractivity contribution is -0.128. The van der Waals surface area contributed by atoms with Crippen LogP contribution in [0.3, 0.4) is 0 Å². The van der Waals surface area contributed by atoms with E-state index in [9.17, 15) is 4.79 Å². The molecule has 2 aromatic rings. The third kappa shape index (κ3) is 4.55. The summed E-state index contributed by atoms with van der Waals surface area (Å²) in [6, 6.07) is 6.23. The average Bonchev–Trinajstić information content (AvgIpc) is 3.44. The van der Waals surface area contributed by atoms with E-state index in [1.54, 1.807) is 13.2 Å². The van der Waals surface area contributed by atoms with Gasteiger partial charge in [-0.3, -0.25) is 4.79 Å². The zero-order valence-electron chi connectivity index (χ0n) is 17.2. The maximum atomic E-state index is 12.5. The Kier molecular flexibility index (Phi) is 6.07. The molecule has 1 aromatic heterocycles. The number of rotatable bonds is 8. The average molecular weight is 384 g/mol. The van der Waals surface area contributed by atoms with Gasteiger partial charge in [0.25, 0.3) is 0 Å². The van der Waals surface area contributed by atoms with E-state index >= 15 is 0 Å². The lowest BCUT2D eigenvalue weighted by Crippen LogP contribution is -2.37. The number of amides is 1. The molecule has 0 saturated heterocycles. The van der Waals surface area contributed by atoms with Crippen molar-refractivity contribution in [2.75, 3.05) is 7.11 Å². The molecule has 28 heavy (non-hydrogen) atoms. The van der Waals surface area contributed by atoms with Crippen LogP contribution in [0.25, 0.3) is 6.08 Å². The van der Waals surface area contributed by atoms with Crippen LogP contribution < -0.4 is 9.47 Å². The summed E-state index contributed by atoms with van der Waals surface area (Å²) >= 11 is 0. The van der Waals surface area contributed by atoms with Gasteiger partial charge in [0.05, 0.1) is 18.4 Å². The Morgan fingerprint density at radius 1 is 1.32 bits per heavy atom. The number of ether oxygens (including phenoxy) is 2. The Hall–Kier alpha value is -2.76. The third-order valence-corrected chi connectivity index (χ3v) is 4.91. The molecule has 1 aliphatic rings. The molecule has 0 bridgehead atoms. The van der Waals surface area contributed by atoms with E-state index in [1.807, 2.05) is 43.0 Å². The van der Waals surface area contributed by atoms with Crippen LogP contribution in [0.2, 0.25) is 0 Å². The second-order valence-corrected chi connectivity index (χ2v) is 7.41. The number of carbonyl (C=O) groups is 1. The molecule has 6 nitrogen and oxygen atoms in total. The Morgan fingerprint density at radius 3 is 2.64 bits per heavy atom. The summed E-state index contributed by atoms with van der Waals surface area (Å²) < 4.78 is 16.5. The van der Waals surface area contributed by atoms with Crippen LogP contribution in [0.15, 0.2) is 28.8 Å². The van der Waals surface area contributed by atoms with Gasteiger partial charge < -0.3 is 18.9 Å². The summed E-state index contributed by atoms with van der Waals surface area (Å²) in [6.45, 7) is 8.22. The summed E-state index contributed by atoms with van der Waals surface area (Å²) in [6.07, 6.45) is 5.66. The van der Waals surface area contributed by atoms with E-state index in [0.717, 1.165) is 35.4 Å². The van der Waals surface area contributed by atoms with Gasteiger partial charge in [-0.05, 0) is 64.3 Å². The monoisotopic (exact) mass is 384 g/mol. The van der Waals surface area contributed by atoms with Gasteiger partial charge >= 0.3 is 0 Å². The number of aryl methyl sites for hydroxylation is 2. The van der Waals surface area contributed by atoms with Crippen molar-refractivity contribution in [2.45, 2.75) is 59.2 Å². The van der Waals surface area contributed by atoms with Crippen molar-refractivity contribution >= 4 is 12.0 Å². The fourth-order valence-electron chi connectivity index (χ4n) is 3.23. The zero-order chi connectivity index (χ0) is 20.3. The van der Waals surface area contributed by atoms with Crippen LogP contribution in [0.5, 0.6) is 11.5 Å². The maximum Gasteiger partial charge on any atom is 0.247 e. The number of carbonyl (C=O) groups excluding carboxylic acids is 1. The lowest BCUT2D eigenvalue weighted by Gasteiger charge is -2.25. The minimum Gasteiger partial charge on any atom is -0.493 e. The van der Waals surface area contributed by atoms with Gasteiger partial charge in [0.1, 0.15) is 12.4 Å². The Balaban J connectivity index is 1.69. The molecule has 3 rings (SSSR count). The van der Waals surface area contributed by atoms with Gasteiger partial charge in [-0.25, -0.2) is 0 Å². The Labute approximate surface area is 166 Å². The van der Waals surface area contributed by atoms with Gasteiger partial charge in [-0.15, -0.1) is 0 Å². The van der Waals surface area contributed by atoms with Gasteiger partial charge in [0.15, 0.2) is 11.5 Å². The molecule has 0 N–H and O–H groups in total. The Morgan fingerprint density at radius 2 is 2.07 bits per heavy atom. The first-order valence-corrected chi connectivity index (χ1v) is 9.63. The number of methoxy groups -OCH3 is 1. The molecule has 1 saturated carbocycles. The second-order valence-electron chi connectivity index (χ2n) is 7.41. The third-order valence-electron chi connectivity index (χ3n) is 4.91. The molecule has 1 heterocycles. The minimum atomic E-state index is 0.0511. The minimum absolute atomic E-state index is 0.0511. The molecule has 1 aliphatic carbocycles. The smallest absolute Gasteiger partial charge is 0.247 e. The van der Waals surface area contributed by atoms with Gasteiger partial charge in [0.2, 0.25) is 5.91 Å². The van der Waals surface area contributed by atoms with Crippen molar-refractivity contribution in [3.63, 3.8) is 0 Å². The molecular formula is C22H28N2O4. The molecule has 0 radical (unpaired) electrons. The molecule has 0 unspecified atom stereocenters. The quantitative estimate of drug-likeness (QED) is 0.635. The van der Waals surface area contributed by atoms with E-state index in [4.69, 9.17) is 14.0 Å². The predicted molar refractivity (Wildman–Crippen MR) is 107 cm³/mol. The normalized spacial score (nSPS) is 13.9. The fraction of sp³-hybridized carbons (Fsp3) is 0.455. The topological polar surface area (TPSA) is 64.8 Å². The first-order chi connectivity index (χ1) is 13.4.